The summed E-state index contributed by atoms with van der Waals surface area (Å²) in [5.74, 6) is -1.07. The van der Waals surface area contributed by atoms with E-state index in [0.717, 1.165) is 0 Å². The van der Waals surface area contributed by atoms with Gasteiger partial charge in [-0.25, -0.2) is 0 Å². The lowest BCUT2D eigenvalue weighted by Gasteiger charge is -2.34. The third-order valence-electron chi connectivity index (χ3n) is 3.23. The molecular weight excluding hydrogens is 236 g/mol. The number of primary amides is 1. The van der Waals surface area contributed by atoms with Crippen LogP contribution in [0.5, 0.6) is 0 Å². The maximum Gasteiger partial charge on any atom is 0.237 e. The zero-order chi connectivity index (χ0) is 14.3. The summed E-state index contributed by atoms with van der Waals surface area (Å²) in [6.45, 7) is 5.45. The van der Waals surface area contributed by atoms with Gasteiger partial charge in [0.05, 0.1) is 6.54 Å². The van der Waals surface area contributed by atoms with Crippen LogP contribution in [-0.2, 0) is 9.59 Å². The number of hydrogen-bond acceptors (Lipinski definition) is 4. The number of carbonyl (C=O) groups excluding carboxylic acids is 2. The Bertz CT molecular complexity index is 337. The Morgan fingerprint density at radius 2 is 1.72 bits per heavy atom. The standard InChI is InChI=1S/C11H22N4O3/c1-4-11(5-2,9(13)14-18)10(17)15(6-3)7-8(12)16/h18H,4-7H2,1-3H3,(H2,12,16)(H2,13,14). The molecule has 0 radical (unpaired) electrons. The highest BCUT2D eigenvalue weighted by Gasteiger charge is 2.42. The molecule has 0 fully saturated rings. The van der Waals surface area contributed by atoms with Gasteiger partial charge in [-0.3, -0.25) is 9.59 Å². The van der Waals surface area contributed by atoms with Crippen LogP contribution < -0.4 is 11.5 Å². The fourth-order valence-corrected chi connectivity index (χ4v) is 1.94. The fourth-order valence-electron chi connectivity index (χ4n) is 1.94. The Morgan fingerprint density at radius 1 is 1.22 bits per heavy atom. The van der Waals surface area contributed by atoms with Crippen LogP contribution in [0.2, 0.25) is 0 Å². The van der Waals surface area contributed by atoms with Crippen molar-refractivity contribution in [1.29, 1.82) is 0 Å². The van der Waals surface area contributed by atoms with E-state index in [4.69, 9.17) is 16.7 Å². The molecule has 0 aliphatic heterocycles. The van der Waals surface area contributed by atoms with E-state index in [1.54, 1.807) is 20.8 Å². The zero-order valence-electron chi connectivity index (χ0n) is 11.1. The van der Waals surface area contributed by atoms with E-state index in [1.807, 2.05) is 0 Å². The Kier molecular flexibility index (Phi) is 6.15. The second-order valence-corrected chi connectivity index (χ2v) is 4.06. The zero-order valence-corrected chi connectivity index (χ0v) is 11.1. The van der Waals surface area contributed by atoms with Crippen molar-refractivity contribution in [1.82, 2.24) is 4.90 Å². The van der Waals surface area contributed by atoms with Crippen LogP contribution in [0.15, 0.2) is 5.16 Å². The van der Waals surface area contributed by atoms with Crippen molar-refractivity contribution >= 4 is 17.6 Å². The smallest absolute Gasteiger partial charge is 0.237 e. The predicted octanol–water partition coefficient (Wildman–Crippen LogP) is -0.127. The van der Waals surface area contributed by atoms with Crippen molar-refractivity contribution in [3.8, 4) is 0 Å². The molecule has 0 rings (SSSR count). The number of hydrogen-bond donors (Lipinski definition) is 3. The maximum absolute atomic E-state index is 12.4. The van der Waals surface area contributed by atoms with Crippen molar-refractivity contribution in [2.45, 2.75) is 33.6 Å². The second-order valence-electron chi connectivity index (χ2n) is 4.06. The topological polar surface area (TPSA) is 122 Å². The molecule has 0 atom stereocenters. The van der Waals surface area contributed by atoms with E-state index < -0.39 is 11.3 Å². The average molecular weight is 258 g/mol. The third-order valence-corrected chi connectivity index (χ3v) is 3.23. The van der Waals surface area contributed by atoms with E-state index >= 15 is 0 Å². The van der Waals surface area contributed by atoms with E-state index in [0.29, 0.717) is 19.4 Å². The highest BCUT2D eigenvalue weighted by molar-refractivity contribution is 6.07. The van der Waals surface area contributed by atoms with Gasteiger partial charge in [0.25, 0.3) is 0 Å². The molecule has 0 saturated heterocycles. The third kappa shape index (κ3) is 3.12. The van der Waals surface area contributed by atoms with E-state index in [2.05, 4.69) is 5.16 Å². The fraction of sp³-hybridized carbons (Fsp3) is 0.727. The monoisotopic (exact) mass is 258 g/mol. The normalized spacial score (nSPS) is 12.3. The Labute approximate surface area is 107 Å². The van der Waals surface area contributed by atoms with Crippen LogP contribution in [0, 0.1) is 5.41 Å². The van der Waals surface area contributed by atoms with Gasteiger partial charge in [0.15, 0.2) is 5.84 Å². The molecule has 0 heterocycles. The molecule has 0 bridgehead atoms. The number of nitrogens with zero attached hydrogens (tertiary/aromatic N) is 2. The first-order valence-electron chi connectivity index (χ1n) is 5.95. The van der Waals surface area contributed by atoms with Crippen molar-refractivity contribution in [3.63, 3.8) is 0 Å². The molecule has 0 aliphatic rings. The Balaban J connectivity index is 5.36. The van der Waals surface area contributed by atoms with Gasteiger partial charge in [0.2, 0.25) is 11.8 Å². The van der Waals surface area contributed by atoms with Crippen LogP contribution in [0.25, 0.3) is 0 Å². The number of carbonyl (C=O) groups is 2. The first-order valence-corrected chi connectivity index (χ1v) is 5.95. The van der Waals surface area contributed by atoms with Crippen molar-refractivity contribution in [2.24, 2.45) is 22.0 Å². The first kappa shape index (κ1) is 16.2. The number of likely N-dealkylation sites (N-methyl/N-ethyl adjacent to an activating group) is 1. The molecule has 0 aromatic heterocycles. The quantitative estimate of drug-likeness (QED) is 0.255. The summed E-state index contributed by atoms with van der Waals surface area (Å²) >= 11 is 0. The summed E-state index contributed by atoms with van der Waals surface area (Å²) < 4.78 is 0. The molecule has 5 N–H and O–H groups in total. The molecule has 7 nitrogen and oxygen atoms in total. The van der Waals surface area contributed by atoms with E-state index in [9.17, 15) is 9.59 Å². The Hall–Kier alpha value is -1.79. The number of amides is 2. The van der Waals surface area contributed by atoms with Gasteiger partial charge in [-0.05, 0) is 19.8 Å². The lowest BCUT2D eigenvalue weighted by Crippen LogP contribution is -2.52. The minimum absolute atomic E-state index is 0.138. The van der Waals surface area contributed by atoms with Gasteiger partial charge in [-0.2, -0.15) is 0 Å². The lowest BCUT2D eigenvalue weighted by molar-refractivity contribution is -0.141. The molecule has 104 valence electrons. The summed E-state index contributed by atoms with van der Waals surface area (Å²) in [7, 11) is 0. The number of amidine groups is 1. The van der Waals surface area contributed by atoms with Crippen LogP contribution in [0.4, 0.5) is 0 Å². The molecule has 7 heteroatoms. The summed E-state index contributed by atoms with van der Waals surface area (Å²) in [6.07, 6.45) is 0.765. The summed E-state index contributed by atoms with van der Waals surface area (Å²) in [5.41, 5.74) is 9.65. The summed E-state index contributed by atoms with van der Waals surface area (Å²) in [5, 5.41) is 11.8. The number of oxime groups is 1. The summed E-state index contributed by atoms with van der Waals surface area (Å²) in [4.78, 5) is 24.7. The molecule has 0 saturated carbocycles. The van der Waals surface area contributed by atoms with Crippen molar-refractivity contribution in [3.05, 3.63) is 0 Å². The van der Waals surface area contributed by atoms with Crippen LogP contribution >= 0.6 is 0 Å². The molecule has 2 amide bonds. The van der Waals surface area contributed by atoms with Gasteiger partial charge in [-0.15, -0.1) is 0 Å². The second kappa shape index (κ2) is 6.83. The van der Waals surface area contributed by atoms with Gasteiger partial charge in [0, 0.05) is 6.54 Å². The molecule has 0 aromatic carbocycles. The highest BCUT2D eigenvalue weighted by atomic mass is 16.4. The molecule has 0 unspecified atom stereocenters. The minimum atomic E-state index is -1.08. The highest BCUT2D eigenvalue weighted by Crippen LogP contribution is 2.29. The molecule has 18 heavy (non-hydrogen) atoms. The predicted molar refractivity (Wildman–Crippen MR) is 67.9 cm³/mol. The van der Waals surface area contributed by atoms with Crippen molar-refractivity contribution < 1.29 is 14.8 Å². The maximum atomic E-state index is 12.4. The molecule has 0 aromatic rings. The van der Waals surface area contributed by atoms with E-state index in [-0.39, 0.29) is 18.3 Å². The van der Waals surface area contributed by atoms with Crippen LogP contribution in [-0.4, -0.2) is 40.8 Å². The van der Waals surface area contributed by atoms with Crippen molar-refractivity contribution in [2.75, 3.05) is 13.1 Å². The molecular formula is C11H22N4O3. The van der Waals surface area contributed by atoms with Gasteiger partial charge >= 0.3 is 0 Å². The van der Waals surface area contributed by atoms with Gasteiger partial charge in [-0.1, -0.05) is 19.0 Å². The molecule has 0 aliphatic carbocycles. The van der Waals surface area contributed by atoms with Crippen LogP contribution in [0.1, 0.15) is 33.6 Å². The average Bonchev–Trinajstić information content (AvgIpc) is 2.37. The summed E-state index contributed by atoms with van der Waals surface area (Å²) in [6, 6.07) is 0. The van der Waals surface area contributed by atoms with Gasteiger partial charge < -0.3 is 21.6 Å². The van der Waals surface area contributed by atoms with Gasteiger partial charge in [0.1, 0.15) is 5.41 Å². The number of rotatable bonds is 7. The lowest BCUT2D eigenvalue weighted by atomic mass is 9.79. The molecule has 0 spiro atoms. The van der Waals surface area contributed by atoms with Crippen LogP contribution in [0.3, 0.4) is 0 Å². The largest absolute Gasteiger partial charge is 0.409 e. The SMILES string of the molecule is CCN(CC(N)=O)C(=O)C(CC)(CC)C(N)=NO. The minimum Gasteiger partial charge on any atom is -0.409 e. The first-order chi connectivity index (χ1) is 8.39. The Morgan fingerprint density at radius 3 is 2.00 bits per heavy atom. The number of nitrogens with two attached hydrogens (primary N) is 2. The van der Waals surface area contributed by atoms with E-state index in [1.165, 1.54) is 4.90 Å².